The molecule has 0 bridgehead atoms. The lowest BCUT2D eigenvalue weighted by molar-refractivity contribution is 0.273. The van der Waals surface area contributed by atoms with Gasteiger partial charge in [-0.25, -0.2) is 0 Å². The van der Waals surface area contributed by atoms with E-state index < -0.39 is 0 Å². The van der Waals surface area contributed by atoms with Crippen molar-refractivity contribution in [1.29, 1.82) is 0 Å². The Morgan fingerprint density at radius 2 is 1.86 bits per heavy atom. The van der Waals surface area contributed by atoms with Crippen molar-refractivity contribution in [3.05, 3.63) is 35.4 Å². The fourth-order valence-electron chi connectivity index (χ4n) is 1.50. The summed E-state index contributed by atoms with van der Waals surface area (Å²) in [6.45, 7) is 4.48. The molecule has 0 amide bonds. The number of benzene rings is 1. The molecular weight excluding hydrogens is 172 g/mol. The Morgan fingerprint density at radius 1 is 1.21 bits per heavy atom. The first kappa shape index (κ1) is 11.3. The molecule has 0 radical (unpaired) electrons. The van der Waals surface area contributed by atoms with Gasteiger partial charge in [-0.15, -0.1) is 0 Å². The summed E-state index contributed by atoms with van der Waals surface area (Å²) in [4.78, 5) is 0. The number of rotatable bonds is 5. The standard InChI is InChI=1S/C13H20O/c1-3-4-5-12-6-8-13(9-7-12)11(2)10-14/h6-9,11,14H,3-5,10H2,1-2H3. The van der Waals surface area contributed by atoms with Gasteiger partial charge in [0.15, 0.2) is 0 Å². The van der Waals surface area contributed by atoms with Crippen LogP contribution in [-0.4, -0.2) is 11.7 Å². The highest BCUT2D eigenvalue weighted by Crippen LogP contribution is 2.15. The second-order valence-corrected chi connectivity index (χ2v) is 3.93. The minimum atomic E-state index is 0.230. The van der Waals surface area contributed by atoms with Crippen molar-refractivity contribution in [2.45, 2.75) is 39.0 Å². The van der Waals surface area contributed by atoms with Gasteiger partial charge < -0.3 is 5.11 Å². The number of aliphatic hydroxyl groups is 1. The first-order valence-corrected chi connectivity index (χ1v) is 5.47. The second-order valence-electron chi connectivity index (χ2n) is 3.93. The first-order valence-electron chi connectivity index (χ1n) is 5.47. The van der Waals surface area contributed by atoms with E-state index in [0.29, 0.717) is 0 Å². The first-order chi connectivity index (χ1) is 6.77. The number of hydrogen-bond acceptors (Lipinski definition) is 1. The molecule has 14 heavy (non-hydrogen) atoms. The molecule has 0 saturated carbocycles. The maximum Gasteiger partial charge on any atom is 0.0497 e. The van der Waals surface area contributed by atoms with Crippen molar-refractivity contribution in [1.82, 2.24) is 0 Å². The van der Waals surface area contributed by atoms with Gasteiger partial charge in [-0.3, -0.25) is 0 Å². The summed E-state index contributed by atoms with van der Waals surface area (Å²) >= 11 is 0. The second kappa shape index (κ2) is 5.82. The fourth-order valence-corrected chi connectivity index (χ4v) is 1.50. The average molecular weight is 192 g/mol. The van der Waals surface area contributed by atoms with Crippen molar-refractivity contribution in [2.24, 2.45) is 0 Å². The quantitative estimate of drug-likeness (QED) is 0.760. The van der Waals surface area contributed by atoms with Crippen LogP contribution < -0.4 is 0 Å². The molecule has 0 spiro atoms. The molecule has 1 N–H and O–H groups in total. The molecule has 0 aliphatic rings. The third-order valence-corrected chi connectivity index (χ3v) is 2.64. The molecule has 1 aromatic carbocycles. The minimum absolute atomic E-state index is 0.230. The highest BCUT2D eigenvalue weighted by Gasteiger charge is 2.02. The van der Waals surface area contributed by atoms with Crippen LogP contribution in [-0.2, 0) is 6.42 Å². The molecule has 0 fully saturated rings. The molecule has 1 nitrogen and oxygen atoms in total. The molecule has 0 saturated heterocycles. The molecule has 0 heterocycles. The molecular formula is C13H20O. The molecule has 0 aliphatic carbocycles. The zero-order valence-electron chi connectivity index (χ0n) is 9.16. The van der Waals surface area contributed by atoms with E-state index in [0.717, 1.165) is 0 Å². The van der Waals surface area contributed by atoms with Gasteiger partial charge in [-0.1, -0.05) is 44.5 Å². The number of unbranched alkanes of at least 4 members (excludes halogenated alkanes) is 1. The van der Waals surface area contributed by atoms with Crippen molar-refractivity contribution in [3.8, 4) is 0 Å². The monoisotopic (exact) mass is 192 g/mol. The van der Waals surface area contributed by atoms with Gasteiger partial charge >= 0.3 is 0 Å². The van der Waals surface area contributed by atoms with Gasteiger partial charge in [0.2, 0.25) is 0 Å². The van der Waals surface area contributed by atoms with Gasteiger partial charge in [0.25, 0.3) is 0 Å². The van der Waals surface area contributed by atoms with E-state index in [4.69, 9.17) is 5.11 Å². The molecule has 0 aliphatic heterocycles. The zero-order valence-corrected chi connectivity index (χ0v) is 9.16. The van der Waals surface area contributed by atoms with Crippen LogP contribution in [0.4, 0.5) is 0 Å². The van der Waals surface area contributed by atoms with Crippen LogP contribution in [0.15, 0.2) is 24.3 Å². The van der Waals surface area contributed by atoms with Crippen molar-refractivity contribution in [3.63, 3.8) is 0 Å². The van der Waals surface area contributed by atoms with Gasteiger partial charge in [0.1, 0.15) is 0 Å². The Labute approximate surface area is 86.8 Å². The Morgan fingerprint density at radius 3 is 2.36 bits per heavy atom. The minimum Gasteiger partial charge on any atom is -0.396 e. The third kappa shape index (κ3) is 3.15. The molecule has 1 unspecified atom stereocenters. The lowest BCUT2D eigenvalue weighted by Crippen LogP contribution is -1.98. The predicted molar refractivity (Wildman–Crippen MR) is 60.6 cm³/mol. The van der Waals surface area contributed by atoms with Crippen LogP contribution in [0.1, 0.15) is 43.7 Å². The van der Waals surface area contributed by atoms with E-state index in [1.165, 1.54) is 30.4 Å². The van der Waals surface area contributed by atoms with Gasteiger partial charge in [0.05, 0.1) is 0 Å². The van der Waals surface area contributed by atoms with Crippen LogP contribution >= 0.6 is 0 Å². The molecule has 1 heteroatoms. The molecule has 1 aromatic rings. The average Bonchev–Trinajstić information content (AvgIpc) is 2.26. The van der Waals surface area contributed by atoms with E-state index >= 15 is 0 Å². The van der Waals surface area contributed by atoms with Crippen LogP contribution in [0.2, 0.25) is 0 Å². The van der Waals surface area contributed by atoms with Gasteiger partial charge in [0, 0.05) is 12.5 Å². The molecule has 1 rings (SSSR count). The Balaban J connectivity index is 2.59. The normalized spacial score (nSPS) is 12.8. The predicted octanol–water partition coefficient (Wildman–Crippen LogP) is 3.13. The number of hydrogen-bond donors (Lipinski definition) is 1. The van der Waals surface area contributed by atoms with E-state index in [1.54, 1.807) is 0 Å². The summed E-state index contributed by atoms with van der Waals surface area (Å²) in [5.74, 6) is 0.259. The van der Waals surface area contributed by atoms with Crippen molar-refractivity contribution >= 4 is 0 Å². The number of aryl methyl sites for hydroxylation is 1. The van der Waals surface area contributed by atoms with Gasteiger partial charge in [-0.2, -0.15) is 0 Å². The molecule has 1 atom stereocenters. The van der Waals surface area contributed by atoms with Crippen molar-refractivity contribution in [2.75, 3.05) is 6.61 Å². The summed E-state index contributed by atoms with van der Waals surface area (Å²) in [5.41, 5.74) is 2.63. The SMILES string of the molecule is CCCCc1ccc(C(C)CO)cc1. The summed E-state index contributed by atoms with van der Waals surface area (Å²) in [6, 6.07) is 8.62. The van der Waals surface area contributed by atoms with Crippen LogP contribution in [0, 0.1) is 0 Å². The third-order valence-electron chi connectivity index (χ3n) is 2.64. The largest absolute Gasteiger partial charge is 0.396 e. The van der Waals surface area contributed by atoms with E-state index in [-0.39, 0.29) is 12.5 Å². The summed E-state index contributed by atoms with van der Waals surface area (Å²) in [5, 5.41) is 9.00. The maximum absolute atomic E-state index is 9.00. The van der Waals surface area contributed by atoms with Crippen LogP contribution in [0.3, 0.4) is 0 Å². The fraction of sp³-hybridized carbons (Fsp3) is 0.538. The lowest BCUT2D eigenvalue weighted by Gasteiger charge is -2.08. The summed E-state index contributed by atoms with van der Waals surface area (Å²) in [7, 11) is 0. The zero-order chi connectivity index (χ0) is 10.4. The maximum atomic E-state index is 9.00. The topological polar surface area (TPSA) is 20.2 Å². The smallest absolute Gasteiger partial charge is 0.0497 e. The highest BCUT2D eigenvalue weighted by molar-refractivity contribution is 5.25. The van der Waals surface area contributed by atoms with Crippen molar-refractivity contribution < 1.29 is 5.11 Å². The number of aliphatic hydroxyl groups excluding tert-OH is 1. The summed E-state index contributed by atoms with van der Waals surface area (Å²) < 4.78 is 0. The van der Waals surface area contributed by atoms with E-state index in [2.05, 4.69) is 31.2 Å². The lowest BCUT2D eigenvalue weighted by atomic mass is 9.99. The molecule has 0 aromatic heterocycles. The van der Waals surface area contributed by atoms with Gasteiger partial charge in [-0.05, 0) is 24.0 Å². The Hall–Kier alpha value is -0.820. The Bertz CT molecular complexity index is 250. The molecule has 78 valence electrons. The Kier molecular flexibility index (Phi) is 4.68. The highest BCUT2D eigenvalue weighted by atomic mass is 16.3. The van der Waals surface area contributed by atoms with Crippen LogP contribution in [0.25, 0.3) is 0 Å². The van der Waals surface area contributed by atoms with Crippen LogP contribution in [0.5, 0.6) is 0 Å². The van der Waals surface area contributed by atoms with E-state index in [1.807, 2.05) is 6.92 Å². The van der Waals surface area contributed by atoms with E-state index in [9.17, 15) is 0 Å². The summed E-state index contributed by atoms with van der Waals surface area (Å²) in [6.07, 6.45) is 3.67.